The Balaban J connectivity index is 2.60. The number of pyridine rings is 1. The van der Waals surface area contributed by atoms with Crippen molar-refractivity contribution in [1.29, 1.82) is 0 Å². The summed E-state index contributed by atoms with van der Waals surface area (Å²) >= 11 is 3.28. The van der Waals surface area contributed by atoms with Crippen molar-refractivity contribution in [1.82, 2.24) is 4.98 Å². The smallest absolute Gasteiger partial charge is 0.190 e. The van der Waals surface area contributed by atoms with Crippen LogP contribution in [0.15, 0.2) is 16.9 Å². The Labute approximate surface area is 77.9 Å². The molecular formula is C8H6BrNO2. The van der Waals surface area contributed by atoms with E-state index in [0.29, 0.717) is 6.61 Å². The van der Waals surface area contributed by atoms with Gasteiger partial charge < -0.3 is 4.74 Å². The molecule has 2 rings (SSSR count). The fourth-order valence-electron chi connectivity index (χ4n) is 1.22. The van der Waals surface area contributed by atoms with Crippen molar-refractivity contribution < 1.29 is 9.53 Å². The highest BCUT2D eigenvalue weighted by atomic mass is 79.9. The van der Waals surface area contributed by atoms with Gasteiger partial charge in [-0.3, -0.25) is 9.78 Å². The first-order valence-electron chi connectivity index (χ1n) is 3.52. The van der Waals surface area contributed by atoms with E-state index in [-0.39, 0.29) is 12.4 Å². The zero-order valence-corrected chi connectivity index (χ0v) is 7.80. The molecule has 1 aromatic heterocycles. The minimum atomic E-state index is 0.0190. The largest absolute Gasteiger partial charge is 0.369 e. The number of hydrogen-bond acceptors (Lipinski definition) is 3. The summed E-state index contributed by atoms with van der Waals surface area (Å²) in [6.07, 6.45) is 3.29. The summed E-state index contributed by atoms with van der Waals surface area (Å²) < 4.78 is 5.81. The summed E-state index contributed by atoms with van der Waals surface area (Å²) in [5.41, 5.74) is 1.58. The summed E-state index contributed by atoms with van der Waals surface area (Å²) in [4.78, 5) is 15.3. The Kier molecular flexibility index (Phi) is 1.94. The highest BCUT2D eigenvalue weighted by molar-refractivity contribution is 9.10. The monoisotopic (exact) mass is 227 g/mol. The van der Waals surface area contributed by atoms with Gasteiger partial charge in [0.2, 0.25) is 0 Å². The van der Waals surface area contributed by atoms with Crippen molar-refractivity contribution in [2.24, 2.45) is 0 Å². The molecule has 12 heavy (non-hydrogen) atoms. The highest BCUT2D eigenvalue weighted by Crippen LogP contribution is 2.23. The number of ketones is 1. The second-order valence-electron chi connectivity index (χ2n) is 2.57. The molecule has 0 atom stereocenters. The van der Waals surface area contributed by atoms with E-state index in [0.717, 1.165) is 15.6 Å². The molecule has 0 aromatic carbocycles. The first-order valence-corrected chi connectivity index (χ1v) is 4.31. The van der Waals surface area contributed by atoms with E-state index >= 15 is 0 Å². The molecule has 3 nitrogen and oxygen atoms in total. The number of fused-ring (bicyclic) bond motifs is 1. The van der Waals surface area contributed by atoms with Gasteiger partial charge >= 0.3 is 0 Å². The number of ether oxygens (including phenoxy) is 1. The molecule has 0 unspecified atom stereocenters. The van der Waals surface area contributed by atoms with Crippen LogP contribution >= 0.6 is 15.9 Å². The van der Waals surface area contributed by atoms with Gasteiger partial charge in [0, 0.05) is 28.0 Å². The van der Waals surface area contributed by atoms with Crippen molar-refractivity contribution in [3.63, 3.8) is 0 Å². The van der Waals surface area contributed by atoms with Gasteiger partial charge in [0.05, 0.1) is 6.61 Å². The second-order valence-corrected chi connectivity index (χ2v) is 3.43. The average Bonchev–Trinajstić information content (AvgIpc) is 2.04. The van der Waals surface area contributed by atoms with Crippen molar-refractivity contribution in [3.05, 3.63) is 28.0 Å². The van der Waals surface area contributed by atoms with Crippen LogP contribution in [0.4, 0.5) is 0 Å². The second kappa shape index (κ2) is 2.95. The van der Waals surface area contributed by atoms with Crippen molar-refractivity contribution in [2.45, 2.75) is 6.61 Å². The lowest BCUT2D eigenvalue weighted by Gasteiger charge is -2.15. The minimum Gasteiger partial charge on any atom is -0.369 e. The molecule has 1 aromatic rings. The van der Waals surface area contributed by atoms with E-state index in [1.807, 2.05) is 0 Å². The van der Waals surface area contributed by atoms with Crippen molar-refractivity contribution >= 4 is 21.7 Å². The lowest BCUT2D eigenvalue weighted by atomic mass is 10.1. The predicted molar refractivity (Wildman–Crippen MR) is 45.9 cm³/mol. The van der Waals surface area contributed by atoms with Crippen molar-refractivity contribution in [3.8, 4) is 0 Å². The molecule has 0 bridgehead atoms. The topological polar surface area (TPSA) is 39.2 Å². The van der Waals surface area contributed by atoms with E-state index in [2.05, 4.69) is 20.9 Å². The fourth-order valence-corrected chi connectivity index (χ4v) is 1.82. The van der Waals surface area contributed by atoms with Gasteiger partial charge in [-0.2, -0.15) is 0 Å². The maximum absolute atomic E-state index is 11.3. The van der Waals surface area contributed by atoms with E-state index in [9.17, 15) is 4.79 Å². The molecule has 0 radical (unpaired) electrons. The molecule has 0 spiro atoms. The highest BCUT2D eigenvalue weighted by Gasteiger charge is 2.20. The summed E-state index contributed by atoms with van der Waals surface area (Å²) in [7, 11) is 0. The number of carbonyl (C=O) groups excluding carboxylic acids is 1. The number of rotatable bonds is 0. The number of Topliss-reactive ketones (excluding diaryl/α,β-unsaturated/α-hetero) is 1. The zero-order chi connectivity index (χ0) is 8.55. The molecule has 0 amide bonds. The van der Waals surface area contributed by atoms with E-state index in [1.165, 1.54) is 0 Å². The molecular weight excluding hydrogens is 222 g/mol. The van der Waals surface area contributed by atoms with Crippen molar-refractivity contribution in [2.75, 3.05) is 6.61 Å². The van der Waals surface area contributed by atoms with Crippen LogP contribution in [0.5, 0.6) is 0 Å². The number of halogens is 1. The third kappa shape index (κ3) is 1.17. The number of hydrogen-bond donors (Lipinski definition) is 0. The standard InChI is InChI=1S/C8H6BrNO2/c9-6-2-10-1-5-3-12-4-7(11)8(5)6/h1-2H,3-4H2. The predicted octanol–water partition coefficient (Wildman–Crippen LogP) is 1.56. The van der Waals surface area contributed by atoms with Gasteiger partial charge in [-0.05, 0) is 15.9 Å². The molecule has 0 aliphatic carbocycles. The fraction of sp³-hybridized carbons (Fsp3) is 0.250. The molecule has 4 heteroatoms. The van der Waals surface area contributed by atoms with Crippen LogP contribution in [0.25, 0.3) is 0 Å². The Bertz CT molecular complexity index is 338. The van der Waals surface area contributed by atoms with Crippen LogP contribution in [0, 0.1) is 0 Å². The third-order valence-corrected chi connectivity index (χ3v) is 2.35. The van der Waals surface area contributed by atoms with E-state index in [1.54, 1.807) is 12.4 Å². The summed E-state index contributed by atoms with van der Waals surface area (Å²) in [5.74, 6) is 0.0190. The number of aromatic nitrogens is 1. The first-order chi connectivity index (χ1) is 5.79. The normalized spacial score (nSPS) is 15.9. The van der Waals surface area contributed by atoms with Gasteiger partial charge in [-0.25, -0.2) is 0 Å². The lowest BCUT2D eigenvalue weighted by Crippen LogP contribution is -2.18. The minimum absolute atomic E-state index is 0.0190. The molecule has 0 N–H and O–H groups in total. The Morgan fingerprint density at radius 1 is 1.42 bits per heavy atom. The molecule has 0 saturated carbocycles. The van der Waals surface area contributed by atoms with Gasteiger partial charge in [0.1, 0.15) is 6.61 Å². The summed E-state index contributed by atoms with van der Waals surface area (Å²) in [5, 5.41) is 0. The average molecular weight is 228 g/mol. The van der Waals surface area contributed by atoms with Gasteiger partial charge in [-0.1, -0.05) is 0 Å². The van der Waals surface area contributed by atoms with Crippen LogP contribution in [0.1, 0.15) is 15.9 Å². The van der Waals surface area contributed by atoms with Gasteiger partial charge in [0.15, 0.2) is 5.78 Å². The maximum atomic E-state index is 11.3. The van der Waals surface area contributed by atoms with Crippen LogP contribution < -0.4 is 0 Å². The van der Waals surface area contributed by atoms with E-state index in [4.69, 9.17) is 4.74 Å². The molecule has 1 aliphatic heterocycles. The van der Waals surface area contributed by atoms with Crippen LogP contribution in [0.3, 0.4) is 0 Å². The first kappa shape index (κ1) is 7.89. The van der Waals surface area contributed by atoms with Crippen LogP contribution in [0.2, 0.25) is 0 Å². The van der Waals surface area contributed by atoms with Gasteiger partial charge in [0.25, 0.3) is 0 Å². The molecule has 2 heterocycles. The SMILES string of the molecule is O=C1COCc2cncc(Br)c21. The Morgan fingerprint density at radius 3 is 3.00 bits per heavy atom. The van der Waals surface area contributed by atoms with Crippen LogP contribution in [-0.4, -0.2) is 17.4 Å². The van der Waals surface area contributed by atoms with Crippen LogP contribution in [-0.2, 0) is 11.3 Å². The van der Waals surface area contributed by atoms with E-state index < -0.39 is 0 Å². The number of nitrogens with zero attached hydrogens (tertiary/aromatic N) is 1. The maximum Gasteiger partial charge on any atom is 0.190 e. The zero-order valence-electron chi connectivity index (χ0n) is 6.21. The molecule has 0 fully saturated rings. The number of carbonyl (C=O) groups is 1. The molecule has 1 aliphatic rings. The third-order valence-electron chi connectivity index (χ3n) is 1.75. The summed E-state index contributed by atoms with van der Waals surface area (Å²) in [6.45, 7) is 0.656. The lowest BCUT2D eigenvalue weighted by molar-refractivity contribution is 0.0663. The quantitative estimate of drug-likeness (QED) is 0.676. The summed E-state index contributed by atoms with van der Waals surface area (Å²) in [6, 6.07) is 0. The molecule has 62 valence electrons. The Morgan fingerprint density at radius 2 is 2.25 bits per heavy atom. The molecule has 0 saturated heterocycles. The van der Waals surface area contributed by atoms with Gasteiger partial charge in [-0.15, -0.1) is 0 Å². The Hall–Kier alpha value is -0.740.